The van der Waals surface area contributed by atoms with E-state index >= 15 is 0 Å². The van der Waals surface area contributed by atoms with Gasteiger partial charge in [-0.15, -0.1) is 0 Å². The van der Waals surface area contributed by atoms with Crippen LogP contribution in [0.25, 0.3) is 11.0 Å². The smallest absolute Gasteiger partial charge is 0.295 e. The zero-order valence-electron chi connectivity index (χ0n) is 17.8. The average molecular weight is 446 g/mol. The Bertz CT molecular complexity index is 1440. The number of amides is 1. The van der Waals surface area contributed by atoms with E-state index in [9.17, 15) is 9.59 Å². The van der Waals surface area contributed by atoms with Gasteiger partial charge >= 0.3 is 0 Å². The van der Waals surface area contributed by atoms with Gasteiger partial charge in [0.15, 0.2) is 5.43 Å². The second kappa shape index (κ2) is 7.53. The van der Waals surface area contributed by atoms with Crippen molar-refractivity contribution in [2.45, 2.75) is 19.9 Å². The Kier molecular flexibility index (Phi) is 4.79. The number of hydrogen-bond acceptors (Lipinski definition) is 4. The molecular weight excluding hydrogens is 426 g/mol. The van der Waals surface area contributed by atoms with Crippen LogP contribution < -0.4 is 15.1 Å². The Morgan fingerprint density at radius 3 is 2.38 bits per heavy atom. The summed E-state index contributed by atoms with van der Waals surface area (Å²) < 4.78 is 11.3. The van der Waals surface area contributed by atoms with Crippen LogP contribution in [0.2, 0.25) is 5.02 Å². The van der Waals surface area contributed by atoms with E-state index in [1.54, 1.807) is 48.4 Å². The Hall–Kier alpha value is -3.57. The molecule has 1 unspecified atom stereocenters. The van der Waals surface area contributed by atoms with Gasteiger partial charge in [-0.2, -0.15) is 0 Å². The summed E-state index contributed by atoms with van der Waals surface area (Å²) >= 11 is 6.27. The first kappa shape index (κ1) is 20.3. The summed E-state index contributed by atoms with van der Waals surface area (Å²) in [5, 5.41) is 0.984. The topological polar surface area (TPSA) is 59.8 Å². The van der Waals surface area contributed by atoms with Crippen molar-refractivity contribution < 1.29 is 13.9 Å². The lowest BCUT2D eigenvalue weighted by atomic mass is 9.97. The summed E-state index contributed by atoms with van der Waals surface area (Å²) in [6.07, 6.45) is 0. The maximum atomic E-state index is 13.7. The molecule has 1 amide bonds. The van der Waals surface area contributed by atoms with Crippen LogP contribution in [0.1, 0.15) is 38.9 Å². The van der Waals surface area contributed by atoms with E-state index in [0.717, 1.165) is 16.7 Å². The molecule has 0 saturated carbocycles. The fourth-order valence-electron chi connectivity index (χ4n) is 4.23. The minimum Gasteiger partial charge on any atom is -0.497 e. The molecule has 0 N–H and O–H groups in total. The van der Waals surface area contributed by atoms with Gasteiger partial charge in [-0.3, -0.25) is 14.5 Å². The van der Waals surface area contributed by atoms with Crippen LogP contribution in [-0.4, -0.2) is 13.0 Å². The molecule has 0 spiro atoms. The molecule has 1 aliphatic heterocycles. The van der Waals surface area contributed by atoms with Crippen LogP contribution in [0.15, 0.2) is 69.9 Å². The number of fused-ring (bicyclic) bond motifs is 2. The fourth-order valence-corrected chi connectivity index (χ4v) is 4.43. The van der Waals surface area contributed by atoms with E-state index in [0.29, 0.717) is 33.0 Å². The number of ether oxygens (including phenoxy) is 1. The normalized spacial score (nSPS) is 15.3. The van der Waals surface area contributed by atoms with Gasteiger partial charge < -0.3 is 9.15 Å². The lowest BCUT2D eigenvalue weighted by molar-refractivity contribution is 0.0971. The first-order valence-electron chi connectivity index (χ1n) is 10.2. The Balaban J connectivity index is 1.80. The number of rotatable bonds is 3. The second-order valence-electron chi connectivity index (χ2n) is 7.94. The summed E-state index contributed by atoms with van der Waals surface area (Å²) in [5.41, 5.74) is 3.86. The van der Waals surface area contributed by atoms with Crippen LogP contribution in [0.5, 0.6) is 5.75 Å². The molecule has 5 nitrogen and oxygen atoms in total. The van der Waals surface area contributed by atoms with Gasteiger partial charge in [0.1, 0.15) is 11.3 Å². The highest BCUT2D eigenvalue weighted by Gasteiger charge is 2.43. The van der Waals surface area contributed by atoms with Gasteiger partial charge in [-0.05, 0) is 79.1 Å². The molecule has 0 fully saturated rings. The van der Waals surface area contributed by atoms with Gasteiger partial charge in [-0.25, -0.2) is 0 Å². The van der Waals surface area contributed by atoms with Crippen molar-refractivity contribution in [1.29, 1.82) is 0 Å². The predicted molar refractivity (Wildman–Crippen MR) is 125 cm³/mol. The average Bonchev–Trinajstić information content (AvgIpc) is 3.08. The summed E-state index contributed by atoms with van der Waals surface area (Å²) in [5.74, 6) is 0.363. The van der Waals surface area contributed by atoms with Crippen molar-refractivity contribution in [3.63, 3.8) is 0 Å². The standard InChI is InChI=1S/C26H20ClNO4/c1-14-11-20-21(12-15(14)2)32-25-22(24(20)29)23(16-5-4-6-17(27)13-16)28(26(25)30)18-7-9-19(31-3)10-8-18/h4-13,23H,1-3H3. The molecular formula is C26H20ClNO4. The van der Waals surface area contributed by atoms with Crippen molar-refractivity contribution in [3.8, 4) is 5.75 Å². The van der Waals surface area contributed by atoms with Crippen molar-refractivity contribution in [2.75, 3.05) is 12.0 Å². The molecule has 0 aliphatic carbocycles. The van der Waals surface area contributed by atoms with Crippen LogP contribution in [0, 0.1) is 13.8 Å². The molecule has 1 aliphatic rings. The van der Waals surface area contributed by atoms with Gasteiger partial charge in [0.25, 0.3) is 5.91 Å². The third-order valence-electron chi connectivity index (χ3n) is 6.00. The van der Waals surface area contributed by atoms with E-state index < -0.39 is 6.04 Å². The van der Waals surface area contributed by atoms with Gasteiger partial charge in [-0.1, -0.05) is 23.7 Å². The molecule has 6 heteroatoms. The number of methoxy groups -OCH3 is 1. The highest BCUT2D eigenvalue weighted by molar-refractivity contribution is 6.30. The summed E-state index contributed by atoms with van der Waals surface area (Å²) in [4.78, 5) is 28.9. The molecule has 0 radical (unpaired) electrons. The highest BCUT2D eigenvalue weighted by atomic mass is 35.5. The Morgan fingerprint density at radius 2 is 1.69 bits per heavy atom. The molecule has 160 valence electrons. The third kappa shape index (κ3) is 3.09. The lowest BCUT2D eigenvalue weighted by Gasteiger charge is -2.25. The monoisotopic (exact) mass is 445 g/mol. The summed E-state index contributed by atoms with van der Waals surface area (Å²) in [6, 6.07) is 17.3. The highest BCUT2D eigenvalue weighted by Crippen LogP contribution is 2.42. The molecule has 0 saturated heterocycles. The van der Waals surface area contributed by atoms with E-state index in [4.69, 9.17) is 20.8 Å². The predicted octanol–water partition coefficient (Wildman–Crippen LogP) is 5.82. The molecule has 3 aromatic carbocycles. The van der Waals surface area contributed by atoms with E-state index in [-0.39, 0.29) is 17.1 Å². The number of nitrogens with zero attached hydrogens (tertiary/aromatic N) is 1. The van der Waals surface area contributed by atoms with Crippen LogP contribution in [0.4, 0.5) is 5.69 Å². The molecule has 5 rings (SSSR count). The number of hydrogen-bond donors (Lipinski definition) is 0. The van der Waals surface area contributed by atoms with E-state index in [2.05, 4.69) is 0 Å². The first-order chi connectivity index (χ1) is 15.4. The maximum Gasteiger partial charge on any atom is 0.295 e. The minimum absolute atomic E-state index is 0.0616. The SMILES string of the molecule is COc1ccc(N2C(=O)c3oc4cc(C)c(C)cc4c(=O)c3C2c2cccc(Cl)c2)cc1. The van der Waals surface area contributed by atoms with Gasteiger partial charge in [0.2, 0.25) is 5.76 Å². The number of carbonyl (C=O) groups is 1. The van der Waals surface area contributed by atoms with Crippen molar-refractivity contribution in [2.24, 2.45) is 0 Å². The van der Waals surface area contributed by atoms with Crippen molar-refractivity contribution in [1.82, 2.24) is 0 Å². The molecule has 0 bridgehead atoms. The molecule has 1 atom stereocenters. The fraction of sp³-hybridized carbons (Fsp3) is 0.154. The molecule has 1 aromatic heterocycles. The van der Waals surface area contributed by atoms with E-state index in [1.807, 2.05) is 38.1 Å². The molecule has 4 aromatic rings. The van der Waals surface area contributed by atoms with E-state index in [1.165, 1.54) is 0 Å². The van der Waals surface area contributed by atoms with Gasteiger partial charge in [0, 0.05) is 10.7 Å². The zero-order chi connectivity index (χ0) is 22.6. The number of anilines is 1. The second-order valence-corrected chi connectivity index (χ2v) is 8.37. The third-order valence-corrected chi connectivity index (χ3v) is 6.24. The van der Waals surface area contributed by atoms with Crippen LogP contribution in [-0.2, 0) is 0 Å². The largest absolute Gasteiger partial charge is 0.497 e. The molecule has 2 heterocycles. The number of benzene rings is 3. The minimum atomic E-state index is -0.660. The lowest BCUT2D eigenvalue weighted by Crippen LogP contribution is -2.29. The summed E-state index contributed by atoms with van der Waals surface area (Å²) in [7, 11) is 1.58. The Morgan fingerprint density at radius 1 is 0.969 bits per heavy atom. The first-order valence-corrected chi connectivity index (χ1v) is 10.6. The summed E-state index contributed by atoms with van der Waals surface area (Å²) in [6.45, 7) is 3.90. The van der Waals surface area contributed by atoms with Crippen LogP contribution in [0.3, 0.4) is 0 Å². The quantitative estimate of drug-likeness (QED) is 0.398. The number of aryl methyl sites for hydroxylation is 2. The molecule has 32 heavy (non-hydrogen) atoms. The Labute approximate surface area is 189 Å². The maximum absolute atomic E-state index is 13.7. The zero-order valence-corrected chi connectivity index (χ0v) is 18.6. The van der Waals surface area contributed by atoms with Crippen molar-refractivity contribution >= 4 is 34.2 Å². The number of carbonyl (C=O) groups excluding carboxylic acids is 1. The van der Waals surface area contributed by atoms with Crippen molar-refractivity contribution in [3.05, 3.63) is 104 Å². The van der Waals surface area contributed by atoms with Crippen LogP contribution >= 0.6 is 11.6 Å². The number of halogens is 1. The van der Waals surface area contributed by atoms with Gasteiger partial charge in [0.05, 0.1) is 24.1 Å².